The molecule has 2 amide bonds. The number of nitrogens with one attached hydrogen (secondary N) is 2. The molecule has 0 aromatic rings. The van der Waals surface area contributed by atoms with E-state index in [1.807, 2.05) is 6.92 Å². The number of amides is 2. The lowest BCUT2D eigenvalue weighted by Gasteiger charge is -2.16. The molecule has 0 aromatic heterocycles. The first-order chi connectivity index (χ1) is 8.34. The predicted molar refractivity (Wildman–Crippen MR) is 65.1 cm³/mol. The fraction of sp³-hybridized carbons (Fsp3) is 0.800. The molecular formula is C10H18N2O5S. The van der Waals surface area contributed by atoms with E-state index in [0.29, 0.717) is 19.3 Å². The Hall–Kier alpha value is -1.31. The lowest BCUT2D eigenvalue weighted by atomic mass is 10.2. The molecule has 1 aliphatic heterocycles. The summed E-state index contributed by atoms with van der Waals surface area (Å²) in [5, 5.41) is 13.7. The molecule has 1 heterocycles. The standard InChI is InChI=1S/C10H18N2O5S/c1-2-3-8(9(13)14)12-10(15)11-7-4-5-18(16,17)6-7/h7-8H,2-6H2,1H3,(H,13,14)(H2,11,12,15). The van der Waals surface area contributed by atoms with E-state index in [-0.39, 0.29) is 11.5 Å². The fourth-order valence-electron chi connectivity index (χ4n) is 1.84. The van der Waals surface area contributed by atoms with Gasteiger partial charge in [0.15, 0.2) is 9.84 Å². The lowest BCUT2D eigenvalue weighted by molar-refractivity contribution is -0.139. The molecule has 8 heteroatoms. The van der Waals surface area contributed by atoms with E-state index in [9.17, 15) is 18.0 Å². The van der Waals surface area contributed by atoms with Crippen LogP contribution in [0.1, 0.15) is 26.2 Å². The molecule has 7 nitrogen and oxygen atoms in total. The zero-order chi connectivity index (χ0) is 13.8. The highest BCUT2D eigenvalue weighted by molar-refractivity contribution is 7.91. The van der Waals surface area contributed by atoms with Gasteiger partial charge < -0.3 is 15.7 Å². The van der Waals surface area contributed by atoms with Crippen LogP contribution in [0.5, 0.6) is 0 Å². The summed E-state index contributed by atoms with van der Waals surface area (Å²) in [5.41, 5.74) is 0. The van der Waals surface area contributed by atoms with Crippen molar-refractivity contribution in [3.63, 3.8) is 0 Å². The van der Waals surface area contributed by atoms with Crippen molar-refractivity contribution in [2.45, 2.75) is 38.3 Å². The summed E-state index contributed by atoms with van der Waals surface area (Å²) in [7, 11) is -3.05. The molecule has 1 rings (SSSR count). The Labute approximate surface area is 106 Å². The molecule has 0 saturated carbocycles. The van der Waals surface area contributed by atoms with Crippen LogP contribution >= 0.6 is 0 Å². The second-order valence-corrected chi connectivity index (χ2v) is 6.63. The summed E-state index contributed by atoms with van der Waals surface area (Å²) in [5.74, 6) is -1.10. The average Bonchev–Trinajstić information content (AvgIpc) is 2.57. The van der Waals surface area contributed by atoms with E-state index >= 15 is 0 Å². The van der Waals surface area contributed by atoms with Crippen molar-refractivity contribution >= 4 is 21.8 Å². The zero-order valence-electron chi connectivity index (χ0n) is 10.2. The van der Waals surface area contributed by atoms with Gasteiger partial charge in [-0.05, 0) is 12.8 Å². The minimum atomic E-state index is -3.05. The Morgan fingerprint density at radius 1 is 1.44 bits per heavy atom. The maximum atomic E-state index is 11.5. The van der Waals surface area contributed by atoms with Gasteiger partial charge in [0.05, 0.1) is 11.5 Å². The summed E-state index contributed by atoms with van der Waals surface area (Å²) >= 11 is 0. The Kier molecular flexibility index (Phi) is 4.94. The number of aliphatic carboxylic acids is 1. The van der Waals surface area contributed by atoms with Crippen LogP contribution in [-0.4, -0.2) is 49.1 Å². The van der Waals surface area contributed by atoms with Crippen LogP contribution in [0.15, 0.2) is 0 Å². The third-order valence-corrected chi connectivity index (χ3v) is 4.52. The van der Waals surface area contributed by atoms with Crippen LogP contribution in [-0.2, 0) is 14.6 Å². The van der Waals surface area contributed by atoms with Crippen molar-refractivity contribution in [1.82, 2.24) is 10.6 Å². The van der Waals surface area contributed by atoms with E-state index in [1.165, 1.54) is 0 Å². The van der Waals surface area contributed by atoms with E-state index < -0.39 is 33.9 Å². The van der Waals surface area contributed by atoms with Gasteiger partial charge in [-0.1, -0.05) is 13.3 Å². The van der Waals surface area contributed by atoms with Crippen LogP contribution in [0.25, 0.3) is 0 Å². The second kappa shape index (κ2) is 6.03. The number of carbonyl (C=O) groups is 2. The summed E-state index contributed by atoms with van der Waals surface area (Å²) in [6.07, 6.45) is 1.35. The molecule has 1 aliphatic rings. The third kappa shape index (κ3) is 4.52. The summed E-state index contributed by atoms with van der Waals surface area (Å²) < 4.78 is 22.4. The molecule has 1 fully saturated rings. The SMILES string of the molecule is CCCC(NC(=O)NC1CCS(=O)(=O)C1)C(=O)O. The quantitative estimate of drug-likeness (QED) is 0.640. The van der Waals surface area contributed by atoms with Crippen molar-refractivity contribution in [2.75, 3.05) is 11.5 Å². The summed E-state index contributed by atoms with van der Waals surface area (Å²) in [6, 6.07) is -1.99. The molecular weight excluding hydrogens is 260 g/mol. The minimum Gasteiger partial charge on any atom is -0.480 e. The molecule has 0 radical (unpaired) electrons. The summed E-state index contributed by atoms with van der Waals surface area (Å²) in [6.45, 7) is 1.82. The van der Waals surface area contributed by atoms with Crippen molar-refractivity contribution in [1.29, 1.82) is 0 Å². The Morgan fingerprint density at radius 3 is 2.56 bits per heavy atom. The van der Waals surface area contributed by atoms with Gasteiger partial charge in [-0.2, -0.15) is 0 Å². The molecule has 2 unspecified atom stereocenters. The van der Waals surface area contributed by atoms with Crippen molar-refractivity contribution in [2.24, 2.45) is 0 Å². The first-order valence-electron chi connectivity index (χ1n) is 5.84. The number of urea groups is 1. The Balaban J connectivity index is 2.44. The minimum absolute atomic E-state index is 0.0647. The molecule has 0 spiro atoms. The number of hydrogen-bond acceptors (Lipinski definition) is 4. The highest BCUT2D eigenvalue weighted by Gasteiger charge is 2.29. The third-order valence-electron chi connectivity index (χ3n) is 2.75. The lowest BCUT2D eigenvalue weighted by Crippen LogP contribution is -2.49. The normalized spacial score (nSPS) is 23.3. The van der Waals surface area contributed by atoms with Gasteiger partial charge in [0, 0.05) is 6.04 Å². The first kappa shape index (κ1) is 14.7. The monoisotopic (exact) mass is 278 g/mol. The predicted octanol–water partition coefficient (Wildman–Crippen LogP) is -0.274. The van der Waals surface area contributed by atoms with E-state index in [2.05, 4.69) is 10.6 Å². The molecule has 0 bridgehead atoms. The van der Waals surface area contributed by atoms with Crippen LogP contribution < -0.4 is 10.6 Å². The van der Waals surface area contributed by atoms with Crippen LogP contribution in [0.3, 0.4) is 0 Å². The van der Waals surface area contributed by atoms with Gasteiger partial charge in [0.25, 0.3) is 0 Å². The number of carbonyl (C=O) groups excluding carboxylic acids is 1. The van der Waals surface area contributed by atoms with Gasteiger partial charge in [0.1, 0.15) is 6.04 Å². The molecule has 0 aliphatic carbocycles. The van der Waals surface area contributed by atoms with Gasteiger partial charge in [-0.25, -0.2) is 18.0 Å². The van der Waals surface area contributed by atoms with Crippen LogP contribution in [0.2, 0.25) is 0 Å². The maximum absolute atomic E-state index is 11.5. The van der Waals surface area contributed by atoms with Crippen molar-refractivity contribution < 1.29 is 23.1 Å². The topological polar surface area (TPSA) is 113 Å². The number of sulfone groups is 1. The first-order valence-corrected chi connectivity index (χ1v) is 7.66. The Bertz CT molecular complexity index is 420. The number of carboxylic acid groups (broad SMARTS) is 1. The highest BCUT2D eigenvalue weighted by Crippen LogP contribution is 2.11. The van der Waals surface area contributed by atoms with Crippen LogP contribution in [0, 0.1) is 0 Å². The van der Waals surface area contributed by atoms with Crippen molar-refractivity contribution in [3.05, 3.63) is 0 Å². The zero-order valence-corrected chi connectivity index (χ0v) is 11.0. The average molecular weight is 278 g/mol. The second-order valence-electron chi connectivity index (χ2n) is 4.40. The van der Waals surface area contributed by atoms with Crippen molar-refractivity contribution in [3.8, 4) is 0 Å². The molecule has 2 atom stereocenters. The fourth-order valence-corrected chi connectivity index (χ4v) is 3.51. The van der Waals surface area contributed by atoms with Gasteiger partial charge >= 0.3 is 12.0 Å². The molecule has 1 saturated heterocycles. The molecule has 0 aromatic carbocycles. The molecule has 18 heavy (non-hydrogen) atoms. The van der Waals surface area contributed by atoms with Gasteiger partial charge in [-0.3, -0.25) is 0 Å². The maximum Gasteiger partial charge on any atom is 0.326 e. The van der Waals surface area contributed by atoms with E-state index in [1.54, 1.807) is 0 Å². The Morgan fingerprint density at radius 2 is 2.11 bits per heavy atom. The molecule has 104 valence electrons. The number of carboxylic acids is 1. The number of rotatable bonds is 5. The van der Waals surface area contributed by atoms with Crippen LogP contribution in [0.4, 0.5) is 4.79 Å². The smallest absolute Gasteiger partial charge is 0.326 e. The largest absolute Gasteiger partial charge is 0.480 e. The van der Waals surface area contributed by atoms with E-state index in [4.69, 9.17) is 5.11 Å². The van der Waals surface area contributed by atoms with Gasteiger partial charge in [0.2, 0.25) is 0 Å². The van der Waals surface area contributed by atoms with Gasteiger partial charge in [-0.15, -0.1) is 0 Å². The molecule has 3 N–H and O–H groups in total. The summed E-state index contributed by atoms with van der Waals surface area (Å²) in [4.78, 5) is 22.3. The highest BCUT2D eigenvalue weighted by atomic mass is 32.2. The van der Waals surface area contributed by atoms with E-state index in [0.717, 1.165) is 0 Å². The number of hydrogen-bond donors (Lipinski definition) is 3.